The normalized spacial score (nSPS) is 12.9. The van der Waals surface area contributed by atoms with E-state index in [-0.39, 0.29) is 5.69 Å². The Bertz CT molecular complexity index is 684. The number of benzene rings is 1. The number of hydrogen-bond acceptors (Lipinski definition) is 3. The average molecular weight is 286 g/mol. The summed E-state index contributed by atoms with van der Waals surface area (Å²) in [6.45, 7) is 5.30. The Balaban J connectivity index is 2.37. The zero-order chi connectivity index (χ0) is 15.6. The lowest BCUT2D eigenvalue weighted by atomic mass is 9.86. The number of nitrogens with one attached hydrogen (secondary N) is 1. The number of carboxylic acids is 1. The number of carbonyl (C=O) groups excluding carboxylic acids is 1. The summed E-state index contributed by atoms with van der Waals surface area (Å²) < 4.78 is 0. The number of rotatable bonds is 3. The van der Waals surface area contributed by atoms with Gasteiger partial charge in [-0.05, 0) is 16.9 Å². The highest BCUT2D eigenvalue weighted by molar-refractivity contribution is 6.06. The van der Waals surface area contributed by atoms with Crippen LogP contribution in [0.3, 0.4) is 0 Å². The molecule has 0 saturated heterocycles. The van der Waals surface area contributed by atoms with Crippen LogP contribution in [0.15, 0.2) is 36.5 Å². The fourth-order valence-corrected chi connectivity index (χ4v) is 2.15. The molecule has 0 saturated carbocycles. The lowest BCUT2D eigenvalue weighted by molar-refractivity contribution is -0.142. The maximum absolute atomic E-state index is 12.4. The van der Waals surface area contributed by atoms with Crippen LogP contribution in [0.5, 0.6) is 0 Å². The first-order valence-electron chi connectivity index (χ1n) is 6.68. The molecule has 0 aliphatic rings. The Labute approximate surface area is 123 Å². The van der Waals surface area contributed by atoms with Gasteiger partial charge in [0.05, 0.1) is 0 Å². The van der Waals surface area contributed by atoms with Crippen molar-refractivity contribution in [2.45, 2.75) is 26.8 Å². The third-order valence-electron chi connectivity index (χ3n) is 3.28. The molecular weight excluding hydrogens is 268 g/mol. The summed E-state index contributed by atoms with van der Waals surface area (Å²) in [7, 11) is 0. The van der Waals surface area contributed by atoms with Crippen molar-refractivity contribution in [2.24, 2.45) is 5.41 Å². The average Bonchev–Trinajstić information content (AvgIpc) is 2.42. The van der Waals surface area contributed by atoms with Crippen LogP contribution in [0.2, 0.25) is 0 Å². The van der Waals surface area contributed by atoms with Gasteiger partial charge in [-0.25, -0.2) is 4.79 Å². The molecule has 2 rings (SSSR count). The van der Waals surface area contributed by atoms with Crippen molar-refractivity contribution < 1.29 is 14.7 Å². The molecule has 0 unspecified atom stereocenters. The molecule has 0 aliphatic heterocycles. The second kappa shape index (κ2) is 5.52. The predicted molar refractivity (Wildman–Crippen MR) is 80.1 cm³/mol. The third-order valence-corrected chi connectivity index (χ3v) is 3.28. The molecule has 1 heterocycles. The van der Waals surface area contributed by atoms with Crippen LogP contribution in [-0.2, 0) is 4.79 Å². The van der Waals surface area contributed by atoms with Gasteiger partial charge >= 0.3 is 5.97 Å². The molecule has 0 spiro atoms. The standard InChI is InChI=1S/C16H18N2O3/c1-16(2,3)13(15(20)21)18-14(19)12-11-7-5-4-6-10(11)8-9-17-12/h4-9,13H,1-3H3,(H,18,19)(H,20,21)/t13-/m1/s1. The maximum atomic E-state index is 12.4. The lowest BCUT2D eigenvalue weighted by Gasteiger charge is -2.27. The van der Waals surface area contributed by atoms with Crippen LogP contribution in [0.1, 0.15) is 31.3 Å². The van der Waals surface area contributed by atoms with E-state index in [4.69, 9.17) is 0 Å². The molecule has 0 fully saturated rings. The molecule has 1 atom stereocenters. The molecular formula is C16H18N2O3. The number of amides is 1. The minimum Gasteiger partial charge on any atom is -0.480 e. The van der Waals surface area contributed by atoms with E-state index in [9.17, 15) is 14.7 Å². The molecule has 5 nitrogen and oxygen atoms in total. The van der Waals surface area contributed by atoms with Crippen LogP contribution in [0.4, 0.5) is 0 Å². The van der Waals surface area contributed by atoms with Gasteiger partial charge in [-0.2, -0.15) is 0 Å². The van der Waals surface area contributed by atoms with E-state index in [1.807, 2.05) is 24.3 Å². The third kappa shape index (κ3) is 3.18. The topological polar surface area (TPSA) is 79.3 Å². The molecule has 0 aliphatic carbocycles. The Morgan fingerprint density at radius 1 is 1.19 bits per heavy atom. The molecule has 21 heavy (non-hydrogen) atoms. The molecule has 110 valence electrons. The van der Waals surface area contributed by atoms with E-state index in [0.29, 0.717) is 5.39 Å². The van der Waals surface area contributed by atoms with E-state index in [0.717, 1.165) is 5.39 Å². The first kappa shape index (κ1) is 15.0. The molecule has 0 radical (unpaired) electrons. The van der Waals surface area contributed by atoms with Gasteiger partial charge in [0.1, 0.15) is 11.7 Å². The highest BCUT2D eigenvalue weighted by Gasteiger charge is 2.33. The van der Waals surface area contributed by atoms with Gasteiger partial charge in [0, 0.05) is 11.6 Å². The number of pyridine rings is 1. The summed E-state index contributed by atoms with van der Waals surface area (Å²) in [5.41, 5.74) is -0.352. The van der Waals surface area contributed by atoms with Gasteiger partial charge in [0.2, 0.25) is 0 Å². The Hall–Kier alpha value is -2.43. The van der Waals surface area contributed by atoms with E-state index >= 15 is 0 Å². The smallest absolute Gasteiger partial charge is 0.326 e. The van der Waals surface area contributed by atoms with Crippen molar-refractivity contribution in [1.82, 2.24) is 10.3 Å². The quantitative estimate of drug-likeness (QED) is 0.908. The van der Waals surface area contributed by atoms with Crippen molar-refractivity contribution >= 4 is 22.6 Å². The second-order valence-corrected chi connectivity index (χ2v) is 5.99. The fourth-order valence-electron chi connectivity index (χ4n) is 2.15. The molecule has 2 aromatic rings. The SMILES string of the molecule is CC(C)(C)[C@H](NC(=O)c1nccc2ccccc12)C(=O)O. The number of nitrogens with zero attached hydrogens (tertiary/aromatic N) is 1. The Morgan fingerprint density at radius 3 is 2.48 bits per heavy atom. The van der Waals surface area contributed by atoms with Crippen molar-refractivity contribution in [2.75, 3.05) is 0 Å². The van der Waals surface area contributed by atoms with Gasteiger partial charge in [-0.15, -0.1) is 0 Å². The van der Waals surface area contributed by atoms with Crippen LogP contribution >= 0.6 is 0 Å². The molecule has 1 aromatic carbocycles. The summed E-state index contributed by atoms with van der Waals surface area (Å²) in [5, 5.41) is 13.4. The number of carboxylic acid groups (broad SMARTS) is 1. The van der Waals surface area contributed by atoms with Crippen LogP contribution in [0, 0.1) is 5.41 Å². The van der Waals surface area contributed by atoms with E-state index in [1.54, 1.807) is 33.0 Å². The van der Waals surface area contributed by atoms with Crippen LogP contribution in [0.25, 0.3) is 10.8 Å². The van der Waals surface area contributed by atoms with Crippen molar-refractivity contribution in [3.63, 3.8) is 0 Å². The number of carbonyl (C=O) groups is 2. The highest BCUT2D eigenvalue weighted by Crippen LogP contribution is 2.21. The van der Waals surface area contributed by atoms with Gasteiger partial charge in [-0.1, -0.05) is 45.0 Å². The predicted octanol–water partition coefficient (Wildman–Crippen LogP) is 2.46. The summed E-state index contributed by atoms with van der Waals surface area (Å²) in [6.07, 6.45) is 1.55. The maximum Gasteiger partial charge on any atom is 0.326 e. The van der Waals surface area contributed by atoms with E-state index in [2.05, 4.69) is 10.3 Å². The highest BCUT2D eigenvalue weighted by atomic mass is 16.4. The van der Waals surface area contributed by atoms with Gasteiger partial charge < -0.3 is 10.4 Å². The van der Waals surface area contributed by atoms with Crippen molar-refractivity contribution in [3.8, 4) is 0 Å². The largest absolute Gasteiger partial charge is 0.480 e. The van der Waals surface area contributed by atoms with Gasteiger partial charge in [-0.3, -0.25) is 9.78 Å². The minimum atomic E-state index is -1.06. The summed E-state index contributed by atoms with van der Waals surface area (Å²) in [6, 6.07) is 8.20. The number of fused-ring (bicyclic) bond motifs is 1. The van der Waals surface area contributed by atoms with E-state index < -0.39 is 23.3 Å². The van der Waals surface area contributed by atoms with Crippen molar-refractivity contribution in [1.29, 1.82) is 0 Å². The fraction of sp³-hybridized carbons (Fsp3) is 0.312. The monoisotopic (exact) mass is 286 g/mol. The Morgan fingerprint density at radius 2 is 1.86 bits per heavy atom. The number of aliphatic carboxylic acids is 1. The lowest BCUT2D eigenvalue weighted by Crippen LogP contribution is -2.49. The van der Waals surface area contributed by atoms with Gasteiger partial charge in [0.15, 0.2) is 0 Å². The first-order chi connectivity index (χ1) is 9.80. The minimum absolute atomic E-state index is 0.239. The number of hydrogen-bond donors (Lipinski definition) is 2. The molecule has 2 N–H and O–H groups in total. The molecule has 5 heteroatoms. The molecule has 1 aromatic heterocycles. The van der Waals surface area contributed by atoms with Gasteiger partial charge in [0.25, 0.3) is 5.91 Å². The molecule has 0 bridgehead atoms. The Kier molecular flexibility index (Phi) is 3.93. The second-order valence-electron chi connectivity index (χ2n) is 5.99. The summed E-state index contributed by atoms with van der Waals surface area (Å²) in [5.74, 6) is -1.54. The van der Waals surface area contributed by atoms with Crippen LogP contribution < -0.4 is 5.32 Å². The van der Waals surface area contributed by atoms with E-state index in [1.165, 1.54) is 0 Å². The zero-order valence-corrected chi connectivity index (χ0v) is 12.3. The summed E-state index contributed by atoms with van der Waals surface area (Å²) in [4.78, 5) is 27.8. The van der Waals surface area contributed by atoms with Crippen LogP contribution in [-0.4, -0.2) is 28.0 Å². The zero-order valence-electron chi connectivity index (χ0n) is 12.3. The summed E-state index contributed by atoms with van der Waals surface area (Å²) >= 11 is 0. The number of aromatic nitrogens is 1. The van der Waals surface area contributed by atoms with Crippen molar-refractivity contribution in [3.05, 3.63) is 42.2 Å². The molecule has 1 amide bonds. The first-order valence-corrected chi connectivity index (χ1v) is 6.68.